The molecule has 2 fully saturated rings. The number of ether oxygens (including phenoxy) is 3. The maximum atomic E-state index is 14.6. The number of anilines is 1. The number of carbonyl (C=O) groups excluding carboxylic acids is 1. The molecule has 3 heterocycles. The van der Waals surface area contributed by atoms with Gasteiger partial charge in [0.25, 0.3) is 5.92 Å². The molecule has 0 N–H and O–H groups in total. The van der Waals surface area contributed by atoms with Crippen LogP contribution < -0.4 is 9.64 Å². The highest BCUT2D eigenvalue weighted by Crippen LogP contribution is 2.60. The van der Waals surface area contributed by atoms with Crippen molar-refractivity contribution in [2.24, 2.45) is 5.41 Å². The molecule has 8 nitrogen and oxygen atoms in total. The highest BCUT2D eigenvalue weighted by Gasteiger charge is 2.72. The quantitative estimate of drug-likeness (QED) is 0.387. The van der Waals surface area contributed by atoms with Crippen molar-refractivity contribution in [3.63, 3.8) is 0 Å². The number of aromatic nitrogens is 2. The highest BCUT2D eigenvalue weighted by atomic mass is 19.3. The average molecular weight is 559 g/mol. The number of halogens is 2. The molecule has 2 atom stereocenters. The highest BCUT2D eigenvalue weighted by molar-refractivity contribution is 5.70. The van der Waals surface area contributed by atoms with Gasteiger partial charge in [-0.05, 0) is 46.1 Å². The molecule has 1 saturated carbocycles. The van der Waals surface area contributed by atoms with Gasteiger partial charge in [0.2, 0.25) is 0 Å². The molecule has 0 spiro atoms. The predicted octanol–water partition coefficient (Wildman–Crippen LogP) is 6.12. The first-order valence-corrected chi connectivity index (χ1v) is 14.2. The second-order valence-electron chi connectivity index (χ2n) is 12.4. The summed E-state index contributed by atoms with van der Waals surface area (Å²) in [5.74, 6) is -2.16. The summed E-state index contributed by atoms with van der Waals surface area (Å²) in [6.07, 6.45) is 3.61. The molecule has 1 unspecified atom stereocenters. The van der Waals surface area contributed by atoms with Crippen LogP contribution in [0.25, 0.3) is 0 Å². The van der Waals surface area contributed by atoms with Crippen LogP contribution in [-0.2, 0) is 29.2 Å². The van der Waals surface area contributed by atoms with Crippen molar-refractivity contribution < 1.29 is 27.8 Å². The van der Waals surface area contributed by atoms with E-state index >= 15 is 0 Å². The molecule has 2 aliphatic heterocycles. The lowest BCUT2D eigenvalue weighted by atomic mass is 10.1. The smallest absolute Gasteiger partial charge is 0.410 e. The molecule has 3 aliphatic rings. The van der Waals surface area contributed by atoms with Crippen LogP contribution in [0.2, 0.25) is 0 Å². The fourth-order valence-electron chi connectivity index (χ4n) is 5.44. The molecule has 1 aromatic carbocycles. The summed E-state index contributed by atoms with van der Waals surface area (Å²) < 4.78 is 46.4. The Morgan fingerprint density at radius 2 is 1.82 bits per heavy atom. The van der Waals surface area contributed by atoms with E-state index < -0.39 is 23.0 Å². The Kier molecular flexibility index (Phi) is 7.92. The van der Waals surface area contributed by atoms with E-state index in [0.29, 0.717) is 12.2 Å². The summed E-state index contributed by atoms with van der Waals surface area (Å²) in [6.45, 7) is 8.95. The molecule has 1 amide bonds. The molecule has 1 aliphatic carbocycles. The molecule has 10 heteroatoms. The van der Waals surface area contributed by atoms with Gasteiger partial charge in [-0.3, -0.25) is 4.90 Å². The summed E-state index contributed by atoms with van der Waals surface area (Å²) in [5.41, 5.74) is 0.419. The Labute approximate surface area is 235 Å². The van der Waals surface area contributed by atoms with Crippen LogP contribution in [-0.4, -0.2) is 58.3 Å². The number of hydrogen-bond donors (Lipinski definition) is 0. The van der Waals surface area contributed by atoms with Crippen molar-refractivity contribution in [3.05, 3.63) is 47.2 Å². The fourth-order valence-corrected chi connectivity index (χ4v) is 5.44. The first-order valence-electron chi connectivity index (χ1n) is 14.2. The first kappa shape index (κ1) is 28.5. The summed E-state index contributed by atoms with van der Waals surface area (Å²) in [7, 11) is 0. The summed E-state index contributed by atoms with van der Waals surface area (Å²) in [4.78, 5) is 26.1. The largest absolute Gasteiger partial charge is 0.462 e. The second kappa shape index (κ2) is 11.1. The second-order valence-corrected chi connectivity index (χ2v) is 12.4. The third-order valence-electron chi connectivity index (χ3n) is 7.90. The number of amides is 1. The number of benzene rings is 1. The Morgan fingerprint density at radius 3 is 2.52 bits per heavy atom. The topological polar surface area (TPSA) is 77.0 Å². The number of rotatable bonds is 8. The van der Waals surface area contributed by atoms with Crippen molar-refractivity contribution in [2.75, 3.05) is 24.7 Å². The SMILES string of the molecule is C[C@@H]1CCCCCN1c1nc(OCC2(COCc3ccccc3)CC2(F)F)nc2c1CN(C(=O)OC(C)(C)C)C2. The third-order valence-corrected chi connectivity index (χ3v) is 7.90. The summed E-state index contributed by atoms with van der Waals surface area (Å²) in [5, 5.41) is 0. The van der Waals surface area contributed by atoms with Crippen LogP contribution in [0.3, 0.4) is 0 Å². The molecule has 5 rings (SSSR count). The van der Waals surface area contributed by atoms with Crippen molar-refractivity contribution in [1.82, 2.24) is 14.9 Å². The van der Waals surface area contributed by atoms with E-state index in [1.165, 1.54) is 0 Å². The van der Waals surface area contributed by atoms with Gasteiger partial charge < -0.3 is 19.1 Å². The van der Waals surface area contributed by atoms with Crippen LogP contribution in [0, 0.1) is 5.41 Å². The van der Waals surface area contributed by atoms with E-state index in [0.717, 1.165) is 49.2 Å². The lowest BCUT2D eigenvalue weighted by Crippen LogP contribution is -2.35. The monoisotopic (exact) mass is 558 g/mol. The third kappa shape index (κ3) is 6.32. The van der Waals surface area contributed by atoms with Gasteiger partial charge in [-0.15, -0.1) is 0 Å². The minimum Gasteiger partial charge on any atom is -0.462 e. The molecule has 2 aromatic rings. The standard InChI is InChI=1S/C30H40F2N4O4/c1-21-11-7-6-10-14-36(21)25-23-15-35(27(37)40-28(2,3)4)16-24(23)33-26(34-25)39-20-29(18-30(29,31)32)19-38-17-22-12-8-5-9-13-22/h5,8-9,12-13,21H,6-7,10-11,14-20H2,1-4H3/t21-,29?/m1/s1. The van der Waals surface area contributed by atoms with Crippen molar-refractivity contribution in [2.45, 2.75) is 97.1 Å². The molecule has 0 bridgehead atoms. The van der Waals surface area contributed by atoms with Gasteiger partial charge in [-0.25, -0.2) is 13.6 Å². The van der Waals surface area contributed by atoms with Gasteiger partial charge in [0.1, 0.15) is 18.0 Å². The van der Waals surface area contributed by atoms with Gasteiger partial charge in [-0.2, -0.15) is 9.97 Å². The minimum atomic E-state index is -2.88. The molecule has 1 saturated heterocycles. The normalized spacial score (nSPS) is 23.9. The number of fused-ring (bicyclic) bond motifs is 1. The van der Waals surface area contributed by atoms with E-state index in [4.69, 9.17) is 19.2 Å². The molecular weight excluding hydrogens is 518 g/mol. The van der Waals surface area contributed by atoms with Crippen LogP contribution in [0.1, 0.15) is 76.6 Å². The number of hydrogen-bond acceptors (Lipinski definition) is 7. The maximum Gasteiger partial charge on any atom is 0.410 e. The molecule has 218 valence electrons. The summed E-state index contributed by atoms with van der Waals surface area (Å²) in [6, 6.07) is 9.79. The average Bonchev–Trinajstić information content (AvgIpc) is 3.27. The zero-order chi connectivity index (χ0) is 28.5. The van der Waals surface area contributed by atoms with Crippen LogP contribution in [0.4, 0.5) is 19.4 Å². The lowest BCUT2D eigenvalue weighted by Gasteiger charge is -2.30. The van der Waals surface area contributed by atoms with E-state index in [9.17, 15) is 13.6 Å². The van der Waals surface area contributed by atoms with Crippen molar-refractivity contribution >= 4 is 11.9 Å². The first-order chi connectivity index (χ1) is 19.0. The van der Waals surface area contributed by atoms with Gasteiger partial charge in [0, 0.05) is 24.6 Å². The zero-order valence-corrected chi connectivity index (χ0v) is 23.9. The van der Waals surface area contributed by atoms with Gasteiger partial charge in [0.05, 0.1) is 37.4 Å². The van der Waals surface area contributed by atoms with Crippen LogP contribution in [0.15, 0.2) is 30.3 Å². The fraction of sp³-hybridized carbons (Fsp3) is 0.633. The number of carbonyl (C=O) groups is 1. The van der Waals surface area contributed by atoms with E-state index in [2.05, 4.69) is 16.8 Å². The molecular formula is C30H40F2N4O4. The van der Waals surface area contributed by atoms with Crippen LogP contribution in [0.5, 0.6) is 6.01 Å². The Hall–Kier alpha value is -3.01. The van der Waals surface area contributed by atoms with Gasteiger partial charge in [-0.1, -0.05) is 43.2 Å². The van der Waals surface area contributed by atoms with E-state index in [-0.39, 0.29) is 44.8 Å². The molecule has 40 heavy (non-hydrogen) atoms. The minimum absolute atomic E-state index is 0.0568. The maximum absolute atomic E-state index is 14.6. The van der Waals surface area contributed by atoms with Crippen LogP contribution >= 0.6 is 0 Å². The number of alkyl halides is 2. The Bertz CT molecular complexity index is 1210. The summed E-state index contributed by atoms with van der Waals surface area (Å²) >= 11 is 0. The van der Waals surface area contributed by atoms with Gasteiger partial charge in [0.15, 0.2) is 0 Å². The predicted molar refractivity (Wildman–Crippen MR) is 146 cm³/mol. The molecule has 1 aromatic heterocycles. The Morgan fingerprint density at radius 1 is 1.07 bits per heavy atom. The Balaban J connectivity index is 1.34. The zero-order valence-electron chi connectivity index (χ0n) is 23.9. The van der Waals surface area contributed by atoms with Gasteiger partial charge >= 0.3 is 12.1 Å². The lowest BCUT2D eigenvalue weighted by molar-refractivity contribution is -0.0174. The van der Waals surface area contributed by atoms with E-state index in [1.54, 1.807) is 4.90 Å². The molecule has 0 radical (unpaired) electrons. The van der Waals surface area contributed by atoms with Crippen molar-refractivity contribution in [3.8, 4) is 6.01 Å². The van der Waals surface area contributed by atoms with E-state index in [1.807, 2.05) is 51.1 Å². The number of nitrogens with zero attached hydrogens (tertiary/aromatic N) is 4. The van der Waals surface area contributed by atoms with Crippen molar-refractivity contribution in [1.29, 1.82) is 0 Å².